The van der Waals surface area contributed by atoms with E-state index in [0.29, 0.717) is 6.54 Å². The molecular formula is C17H26N2O2. The molecule has 0 unspecified atom stereocenters. The molecule has 21 heavy (non-hydrogen) atoms. The summed E-state index contributed by atoms with van der Waals surface area (Å²) in [4.78, 5) is 14.4. The van der Waals surface area contributed by atoms with E-state index in [-0.39, 0.29) is 23.9 Å². The molecule has 0 radical (unpaired) electrons. The van der Waals surface area contributed by atoms with Crippen molar-refractivity contribution in [3.8, 4) is 5.75 Å². The number of phenolic OH excluding ortho intramolecular Hbond substituents is 1. The maximum atomic E-state index is 12.5. The summed E-state index contributed by atoms with van der Waals surface area (Å²) in [6.45, 7) is 4.41. The zero-order valence-corrected chi connectivity index (χ0v) is 13.0. The van der Waals surface area contributed by atoms with Crippen molar-refractivity contribution in [3.63, 3.8) is 0 Å². The predicted octanol–water partition coefficient (Wildman–Crippen LogP) is 3.64. The number of rotatable bonds is 4. The Labute approximate surface area is 127 Å². The van der Waals surface area contributed by atoms with Crippen LogP contribution in [0.4, 0.5) is 4.79 Å². The van der Waals surface area contributed by atoms with Crippen LogP contribution in [0.5, 0.6) is 5.75 Å². The van der Waals surface area contributed by atoms with Crippen molar-refractivity contribution in [2.45, 2.75) is 64.6 Å². The smallest absolute Gasteiger partial charge is 0.318 e. The Kier molecular flexibility index (Phi) is 5.48. The fourth-order valence-corrected chi connectivity index (χ4v) is 2.92. The van der Waals surface area contributed by atoms with Gasteiger partial charge >= 0.3 is 6.03 Å². The number of benzene rings is 1. The fraction of sp³-hybridized carbons (Fsp3) is 0.588. The van der Waals surface area contributed by atoms with Crippen LogP contribution < -0.4 is 5.32 Å². The van der Waals surface area contributed by atoms with E-state index in [1.54, 1.807) is 12.1 Å². The summed E-state index contributed by atoms with van der Waals surface area (Å²) in [6, 6.07) is 7.62. The molecule has 0 aliphatic heterocycles. The van der Waals surface area contributed by atoms with Crippen LogP contribution >= 0.6 is 0 Å². The van der Waals surface area contributed by atoms with E-state index in [0.717, 1.165) is 18.4 Å². The Morgan fingerprint density at radius 1 is 1.29 bits per heavy atom. The second-order valence-electron chi connectivity index (χ2n) is 6.15. The third-order valence-electron chi connectivity index (χ3n) is 4.02. The zero-order chi connectivity index (χ0) is 15.2. The van der Waals surface area contributed by atoms with Gasteiger partial charge in [-0.2, -0.15) is 0 Å². The minimum absolute atomic E-state index is 0.0276. The number of hydrogen-bond donors (Lipinski definition) is 2. The van der Waals surface area contributed by atoms with Crippen LogP contribution in [0.15, 0.2) is 24.3 Å². The maximum absolute atomic E-state index is 12.5. The van der Waals surface area contributed by atoms with Gasteiger partial charge in [-0.15, -0.1) is 0 Å². The van der Waals surface area contributed by atoms with E-state index in [9.17, 15) is 9.90 Å². The number of aromatic hydroxyl groups is 1. The molecule has 0 bridgehead atoms. The average Bonchev–Trinajstić information content (AvgIpc) is 2.46. The van der Waals surface area contributed by atoms with Crippen LogP contribution in [0.2, 0.25) is 0 Å². The molecular weight excluding hydrogens is 264 g/mol. The van der Waals surface area contributed by atoms with Crippen LogP contribution in [0.25, 0.3) is 0 Å². The molecule has 1 saturated carbocycles. The Morgan fingerprint density at radius 3 is 2.57 bits per heavy atom. The minimum Gasteiger partial charge on any atom is -0.508 e. The highest BCUT2D eigenvalue weighted by molar-refractivity contribution is 5.75. The summed E-state index contributed by atoms with van der Waals surface area (Å²) >= 11 is 0. The molecule has 1 aliphatic rings. The molecule has 0 heterocycles. The van der Waals surface area contributed by atoms with Gasteiger partial charge in [0.2, 0.25) is 0 Å². The van der Waals surface area contributed by atoms with Gasteiger partial charge in [-0.05, 0) is 32.8 Å². The van der Waals surface area contributed by atoms with Crippen LogP contribution in [0.1, 0.15) is 51.5 Å². The molecule has 116 valence electrons. The van der Waals surface area contributed by atoms with Gasteiger partial charge in [0.05, 0.1) is 6.54 Å². The third kappa shape index (κ3) is 4.38. The first-order valence-corrected chi connectivity index (χ1v) is 7.92. The molecule has 0 aromatic heterocycles. The molecule has 1 aliphatic carbocycles. The molecule has 4 heteroatoms. The predicted molar refractivity (Wildman–Crippen MR) is 84.2 cm³/mol. The number of nitrogens with zero attached hydrogens (tertiary/aromatic N) is 1. The second kappa shape index (κ2) is 7.34. The van der Waals surface area contributed by atoms with Crippen LogP contribution in [-0.2, 0) is 6.54 Å². The van der Waals surface area contributed by atoms with Gasteiger partial charge < -0.3 is 15.3 Å². The average molecular weight is 290 g/mol. The van der Waals surface area contributed by atoms with Gasteiger partial charge in [-0.3, -0.25) is 0 Å². The normalized spacial score (nSPS) is 16.0. The van der Waals surface area contributed by atoms with Crippen molar-refractivity contribution in [3.05, 3.63) is 29.8 Å². The summed E-state index contributed by atoms with van der Waals surface area (Å²) in [7, 11) is 0. The van der Waals surface area contributed by atoms with Crippen molar-refractivity contribution >= 4 is 6.03 Å². The standard InChI is InChI=1S/C17H26N2O2/c1-13(2)18-17(21)19(15-9-4-3-5-10-15)12-14-8-6-7-11-16(14)20/h6-8,11,13,15,20H,3-5,9-10,12H2,1-2H3,(H,18,21). The van der Waals surface area contributed by atoms with Gasteiger partial charge in [0.25, 0.3) is 0 Å². The SMILES string of the molecule is CC(C)NC(=O)N(Cc1ccccc1O)C1CCCCC1. The third-order valence-corrected chi connectivity index (χ3v) is 4.02. The summed E-state index contributed by atoms with van der Waals surface area (Å²) in [5.74, 6) is 0.260. The van der Waals surface area contributed by atoms with Gasteiger partial charge in [0.1, 0.15) is 5.75 Å². The van der Waals surface area contributed by atoms with Gasteiger partial charge in [0.15, 0.2) is 0 Å². The number of nitrogens with one attached hydrogen (secondary N) is 1. The molecule has 2 amide bonds. The molecule has 1 fully saturated rings. The largest absolute Gasteiger partial charge is 0.508 e. The van der Waals surface area contributed by atoms with E-state index in [2.05, 4.69) is 5.32 Å². The molecule has 1 aromatic rings. The lowest BCUT2D eigenvalue weighted by Gasteiger charge is -2.35. The van der Waals surface area contributed by atoms with Crippen LogP contribution in [0, 0.1) is 0 Å². The first-order valence-electron chi connectivity index (χ1n) is 7.92. The van der Waals surface area contributed by atoms with E-state index < -0.39 is 0 Å². The lowest BCUT2D eigenvalue weighted by Crippen LogP contribution is -2.48. The van der Waals surface area contributed by atoms with E-state index in [1.807, 2.05) is 30.9 Å². The molecule has 2 N–H and O–H groups in total. The number of carbonyl (C=O) groups excluding carboxylic acids is 1. The first kappa shape index (κ1) is 15.7. The minimum atomic E-state index is -0.0276. The quantitative estimate of drug-likeness (QED) is 0.889. The maximum Gasteiger partial charge on any atom is 0.318 e. The summed E-state index contributed by atoms with van der Waals surface area (Å²) < 4.78 is 0. The highest BCUT2D eigenvalue weighted by Gasteiger charge is 2.26. The van der Waals surface area contributed by atoms with Crippen molar-refractivity contribution < 1.29 is 9.90 Å². The van der Waals surface area contributed by atoms with E-state index in [1.165, 1.54) is 19.3 Å². The molecule has 4 nitrogen and oxygen atoms in total. The summed E-state index contributed by atoms with van der Waals surface area (Å²) in [5.41, 5.74) is 0.807. The van der Waals surface area contributed by atoms with E-state index in [4.69, 9.17) is 0 Å². The lowest BCUT2D eigenvalue weighted by molar-refractivity contribution is 0.148. The monoisotopic (exact) mass is 290 g/mol. The Hall–Kier alpha value is -1.71. The summed E-state index contributed by atoms with van der Waals surface area (Å²) in [6.07, 6.45) is 5.72. The molecule has 0 atom stereocenters. The van der Waals surface area contributed by atoms with Crippen LogP contribution in [0.3, 0.4) is 0 Å². The number of carbonyl (C=O) groups is 1. The molecule has 0 spiro atoms. The van der Waals surface area contributed by atoms with Gasteiger partial charge in [-0.25, -0.2) is 4.79 Å². The number of hydrogen-bond acceptors (Lipinski definition) is 2. The zero-order valence-electron chi connectivity index (χ0n) is 13.0. The Morgan fingerprint density at radius 2 is 1.95 bits per heavy atom. The highest BCUT2D eigenvalue weighted by Crippen LogP contribution is 2.26. The first-order chi connectivity index (χ1) is 10.1. The van der Waals surface area contributed by atoms with Crippen molar-refractivity contribution in [1.82, 2.24) is 10.2 Å². The Balaban J connectivity index is 2.14. The van der Waals surface area contributed by atoms with Crippen molar-refractivity contribution in [2.75, 3.05) is 0 Å². The van der Waals surface area contributed by atoms with Crippen molar-refractivity contribution in [2.24, 2.45) is 0 Å². The fourth-order valence-electron chi connectivity index (χ4n) is 2.92. The lowest BCUT2D eigenvalue weighted by atomic mass is 9.94. The Bertz CT molecular complexity index is 468. The van der Waals surface area contributed by atoms with Gasteiger partial charge in [-0.1, -0.05) is 37.5 Å². The van der Waals surface area contributed by atoms with E-state index >= 15 is 0 Å². The highest BCUT2D eigenvalue weighted by atomic mass is 16.3. The van der Waals surface area contributed by atoms with Gasteiger partial charge in [0, 0.05) is 17.6 Å². The second-order valence-corrected chi connectivity index (χ2v) is 6.15. The van der Waals surface area contributed by atoms with Crippen molar-refractivity contribution in [1.29, 1.82) is 0 Å². The number of amides is 2. The van der Waals surface area contributed by atoms with Crippen LogP contribution in [-0.4, -0.2) is 28.1 Å². The summed E-state index contributed by atoms with van der Waals surface area (Å²) in [5, 5.41) is 12.9. The number of phenols is 1. The molecule has 0 saturated heterocycles. The molecule has 1 aromatic carbocycles. The topological polar surface area (TPSA) is 52.6 Å². The number of urea groups is 1. The molecule has 2 rings (SSSR count). The number of para-hydroxylation sites is 1.